The third kappa shape index (κ3) is 5.55. The Labute approximate surface area is 104 Å². The lowest BCUT2D eigenvalue weighted by atomic mass is 10.2. The third-order valence-corrected chi connectivity index (χ3v) is 2.41. The Balaban J connectivity index is 2.35. The van der Waals surface area contributed by atoms with Crippen LogP contribution in [0.15, 0.2) is 10.5 Å². The van der Waals surface area contributed by atoms with E-state index in [1.807, 2.05) is 13.0 Å². The van der Waals surface area contributed by atoms with Crippen molar-refractivity contribution in [2.75, 3.05) is 13.2 Å². The Morgan fingerprint density at radius 2 is 2.11 bits per heavy atom. The van der Waals surface area contributed by atoms with Crippen molar-refractivity contribution in [2.45, 2.75) is 39.6 Å². The highest BCUT2D eigenvalue weighted by molar-refractivity contribution is 5.19. The topological polar surface area (TPSA) is 34.4 Å². The number of aryl methyl sites for hydroxylation is 1. The van der Waals surface area contributed by atoms with E-state index >= 15 is 0 Å². The van der Waals surface area contributed by atoms with Crippen molar-refractivity contribution in [3.05, 3.63) is 23.2 Å². The smallest absolute Gasteiger partial charge is 0.391 e. The van der Waals surface area contributed by atoms with Gasteiger partial charge in [-0.3, -0.25) is 0 Å². The first-order valence-corrected chi connectivity index (χ1v) is 5.85. The summed E-state index contributed by atoms with van der Waals surface area (Å²) < 4.78 is 46.1. The van der Waals surface area contributed by atoms with Crippen molar-refractivity contribution in [3.8, 4) is 0 Å². The molecule has 18 heavy (non-hydrogen) atoms. The van der Waals surface area contributed by atoms with Crippen LogP contribution in [0.3, 0.4) is 0 Å². The van der Waals surface area contributed by atoms with Crippen LogP contribution in [0.25, 0.3) is 0 Å². The standard InChI is InChI=1S/C12H18F3NO2/c1-3-16-7-11-6-10(9(2)18-11)8-17-5-4-12(13,14)15/h6,16H,3-5,7-8H2,1-2H3. The minimum atomic E-state index is -4.17. The van der Waals surface area contributed by atoms with Gasteiger partial charge in [-0.25, -0.2) is 0 Å². The summed E-state index contributed by atoms with van der Waals surface area (Å²) in [6.07, 6.45) is -5.09. The molecule has 0 spiro atoms. The van der Waals surface area contributed by atoms with E-state index in [-0.39, 0.29) is 13.2 Å². The summed E-state index contributed by atoms with van der Waals surface area (Å²) >= 11 is 0. The molecule has 104 valence electrons. The fraction of sp³-hybridized carbons (Fsp3) is 0.667. The highest BCUT2D eigenvalue weighted by atomic mass is 19.4. The maximum absolute atomic E-state index is 11.9. The summed E-state index contributed by atoms with van der Waals surface area (Å²) in [7, 11) is 0. The molecule has 0 aliphatic heterocycles. The maximum atomic E-state index is 11.9. The van der Waals surface area contributed by atoms with E-state index in [4.69, 9.17) is 9.15 Å². The lowest BCUT2D eigenvalue weighted by Gasteiger charge is -2.06. The molecule has 0 radical (unpaired) electrons. The van der Waals surface area contributed by atoms with E-state index in [0.717, 1.165) is 17.9 Å². The van der Waals surface area contributed by atoms with Gasteiger partial charge in [-0.2, -0.15) is 13.2 Å². The molecule has 6 heteroatoms. The van der Waals surface area contributed by atoms with Crippen LogP contribution < -0.4 is 5.32 Å². The van der Waals surface area contributed by atoms with Crippen LogP contribution in [0.2, 0.25) is 0 Å². The zero-order chi connectivity index (χ0) is 13.6. The minimum absolute atomic E-state index is 0.150. The summed E-state index contributed by atoms with van der Waals surface area (Å²) in [5.41, 5.74) is 0.796. The van der Waals surface area contributed by atoms with Crippen LogP contribution >= 0.6 is 0 Å². The van der Waals surface area contributed by atoms with Crippen molar-refractivity contribution in [1.29, 1.82) is 0 Å². The molecule has 0 amide bonds. The molecule has 3 nitrogen and oxygen atoms in total. The van der Waals surface area contributed by atoms with Crippen LogP contribution in [0.4, 0.5) is 13.2 Å². The predicted octanol–water partition coefficient (Wildman–Crippen LogP) is 3.17. The first-order chi connectivity index (χ1) is 8.42. The SMILES string of the molecule is CCNCc1cc(COCCC(F)(F)F)c(C)o1. The third-order valence-electron chi connectivity index (χ3n) is 2.41. The van der Waals surface area contributed by atoms with E-state index in [1.165, 1.54) is 0 Å². The van der Waals surface area contributed by atoms with Crippen LogP contribution in [-0.2, 0) is 17.9 Å². The number of furan rings is 1. The van der Waals surface area contributed by atoms with Gasteiger partial charge in [-0.15, -0.1) is 0 Å². The second-order valence-corrected chi connectivity index (χ2v) is 3.99. The molecule has 0 aromatic carbocycles. The molecule has 0 bridgehead atoms. The van der Waals surface area contributed by atoms with Crippen LogP contribution in [0.1, 0.15) is 30.4 Å². The van der Waals surface area contributed by atoms with Crippen LogP contribution in [0, 0.1) is 6.92 Å². The Kier molecular flexibility index (Phi) is 5.68. The zero-order valence-corrected chi connectivity index (χ0v) is 10.6. The van der Waals surface area contributed by atoms with Gasteiger partial charge in [-0.1, -0.05) is 6.92 Å². The molecule has 1 rings (SSSR count). The second kappa shape index (κ2) is 6.80. The average Bonchev–Trinajstić information content (AvgIpc) is 2.61. The van der Waals surface area contributed by atoms with Crippen LogP contribution in [-0.4, -0.2) is 19.3 Å². The Morgan fingerprint density at radius 3 is 2.72 bits per heavy atom. The van der Waals surface area contributed by atoms with E-state index < -0.39 is 12.6 Å². The summed E-state index contributed by atoms with van der Waals surface area (Å²) in [6, 6.07) is 1.81. The monoisotopic (exact) mass is 265 g/mol. The number of ether oxygens (including phenoxy) is 1. The fourth-order valence-corrected chi connectivity index (χ4v) is 1.44. The van der Waals surface area contributed by atoms with E-state index in [1.54, 1.807) is 6.92 Å². The minimum Gasteiger partial charge on any atom is -0.465 e. The molecule has 0 atom stereocenters. The van der Waals surface area contributed by atoms with Gasteiger partial charge >= 0.3 is 6.18 Å². The van der Waals surface area contributed by atoms with Crippen molar-refractivity contribution in [2.24, 2.45) is 0 Å². The summed E-state index contributed by atoms with van der Waals surface area (Å²) in [6.45, 7) is 5.03. The van der Waals surface area contributed by atoms with Crippen molar-refractivity contribution in [3.63, 3.8) is 0 Å². The molecule has 1 N–H and O–H groups in total. The molecule has 0 saturated heterocycles. The predicted molar refractivity (Wildman–Crippen MR) is 61.2 cm³/mol. The van der Waals surface area contributed by atoms with Gasteiger partial charge < -0.3 is 14.5 Å². The lowest BCUT2D eigenvalue weighted by molar-refractivity contribution is -0.146. The number of halogens is 3. The normalized spacial score (nSPS) is 12.1. The first-order valence-electron chi connectivity index (χ1n) is 5.85. The molecule has 1 heterocycles. The first kappa shape index (κ1) is 15.0. The Bertz CT molecular complexity index is 361. The Hall–Kier alpha value is -1.01. The van der Waals surface area contributed by atoms with Crippen molar-refractivity contribution < 1.29 is 22.3 Å². The highest BCUT2D eigenvalue weighted by Gasteiger charge is 2.26. The van der Waals surface area contributed by atoms with Crippen molar-refractivity contribution in [1.82, 2.24) is 5.32 Å². The number of nitrogens with one attached hydrogen (secondary N) is 1. The average molecular weight is 265 g/mol. The van der Waals surface area contributed by atoms with E-state index in [0.29, 0.717) is 12.3 Å². The number of alkyl halides is 3. The fourth-order valence-electron chi connectivity index (χ4n) is 1.44. The number of rotatable bonds is 7. The molecule has 0 fully saturated rings. The number of hydrogen-bond acceptors (Lipinski definition) is 3. The van der Waals surface area contributed by atoms with Gasteiger partial charge in [-0.05, 0) is 19.5 Å². The maximum Gasteiger partial charge on any atom is 0.391 e. The van der Waals surface area contributed by atoms with Crippen LogP contribution in [0.5, 0.6) is 0 Å². The Morgan fingerprint density at radius 1 is 1.39 bits per heavy atom. The lowest BCUT2D eigenvalue weighted by Crippen LogP contribution is -2.11. The largest absolute Gasteiger partial charge is 0.465 e. The van der Waals surface area contributed by atoms with Gasteiger partial charge in [0.25, 0.3) is 0 Å². The summed E-state index contributed by atoms with van der Waals surface area (Å²) in [5, 5.41) is 3.11. The summed E-state index contributed by atoms with van der Waals surface area (Å²) in [5.74, 6) is 1.46. The van der Waals surface area contributed by atoms with Gasteiger partial charge in [0.1, 0.15) is 11.5 Å². The summed E-state index contributed by atoms with van der Waals surface area (Å²) in [4.78, 5) is 0. The van der Waals surface area contributed by atoms with Gasteiger partial charge in [0, 0.05) is 5.56 Å². The molecule has 1 aromatic rings. The molecular formula is C12H18F3NO2. The van der Waals surface area contributed by atoms with Gasteiger partial charge in [0.05, 0.1) is 26.2 Å². The highest BCUT2D eigenvalue weighted by Crippen LogP contribution is 2.20. The second-order valence-electron chi connectivity index (χ2n) is 3.99. The molecule has 0 saturated carbocycles. The molecule has 0 aliphatic rings. The molecule has 1 aromatic heterocycles. The van der Waals surface area contributed by atoms with E-state index in [2.05, 4.69) is 5.32 Å². The van der Waals surface area contributed by atoms with Gasteiger partial charge in [0.2, 0.25) is 0 Å². The quantitative estimate of drug-likeness (QED) is 0.769. The van der Waals surface area contributed by atoms with Gasteiger partial charge in [0.15, 0.2) is 0 Å². The van der Waals surface area contributed by atoms with E-state index in [9.17, 15) is 13.2 Å². The molecule has 0 unspecified atom stereocenters. The van der Waals surface area contributed by atoms with Crippen molar-refractivity contribution >= 4 is 0 Å². The molecule has 0 aliphatic carbocycles. The number of hydrogen-bond donors (Lipinski definition) is 1. The molecular weight excluding hydrogens is 247 g/mol. The zero-order valence-electron chi connectivity index (χ0n) is 10.6.